The third-order valence-corrected chi connectivity index (χ3v) is 3.13. The number of imidazole rings is 1. The number of rotatable bonds is 3. The number of hydrogen-bond donors (Lipinski definition) is 3. The van der Waals surface area contributed by atoms with E-state index in [1.807, 2.05) is 24.3 Å². The number of carbonyl (C=O) groups is 1. The van der Waals surface area contributed by atoms with Crippen molar-refractivity contribution in [3.63, 3.8) is 0 Å². The number of aromatic amines is 1. The van der Waals surface area contributed by atoms with Crippen molar-refractivity contribution in [3.05, 3.63) is 48.0 Å². The summed E-state index contributed by atoms with van der Waals surface area (Å²) in [5.74, 6) is 0.683. The van der Waals surface area contributed by atoms with Crippen molar-refractivity contribution >= 4 is 11.6 Å². The fraction of sp³-hybridized carbons (Fsp3) is 0.231. The van der Waals surface area contributed by atoms with Crippen LogP contribution in [0.4, 0.5) is 5.69 Å². The second kappa shape index (κ2) is 4.52. The number of nitrogens with one attached hydrogen (secondary N) is 3. The Labute approximate surface area is 105 Å². The van der Waals surface area contributed by atoms with Gasteiger partial charge >= 0.3 is 0 Å². The molecule has 1 atom stereocenters. The standard InChI is InChI=1S/C13H14N4O/c18-13(17-8-12-14-5-6-15-12)10-7-16-11-4-2-1-3-9(10)11/h1-6,10,16H,7-8H2,(H,14,15)(H,17,18). The van der Waals surface area contributed by atoms with Gasteiger partial charge in [0.25, 0.3) is 0 Å². The van der Waals surface area contributed by atoms with Crippen molar-refractivity contribution in [2.45, 2.75) is 12.5 Å². The Morgan fingerprint density at radius 1 is 1.44 bits per heavy atom. The first-order chi connectivity index (χ1) is 8.84. The molecule has 3 rings (SSSR count). The molecule has 18 heavy (non-hydrogen) atoms. The third kappa shape index (κ3) is 1.95. The summed E-state index contributed by atoms with van der Waals surface area (Å²) in [4.78, 5) is 19.1. The van der Waals surface area contributed by atoms with E-state index in [0.29, 0.717) is 13.1 Å². The largest absolute Gasteiger partial charge is 0.384 e. The molecular weight excluding hydrogens is 228 g/mol. The van der Waals surface area contributed by atoms with Gasteiger partial charge in [-0.2, -0.15) is 0 Å². The summed E-state index contributed by atoms with van der Waals surface area (Å²) in [6.07, 6.45) is 3.42. The minimum absolute atomic E-state index is 0.0313. The average Bonchev–Trinajstić information content (AvgIpc) is 3.05. The van der Waals surface area contributed by atoms with Crippen LogP contribution in [0.5, 0.6) is 0 Å². The number of anilines is 1. The zero-order valence-corrected chi connectivity index (χ0v) is 9.81. The average molecular weight is 242 g/mol. The predicted octanol–water partition coefficient (Wildman–Crippen LogP) is 1.24. The van der Waals surface area contributed by atoms with E-state index < -0.39 is 0 Å². The van der Waals surface area contributed by atoms with Crippen LogP contribution < -0.4 is 10.6 Å². The molecular formula is C13H14N4O. The zero-order valence-electron chi connectivity index (χ0n) is 9.81. The Kier molecular flexibility index (Phi) is 2.72. The first-order valence-electron chi connectivity index (χ1n) is 5.93. The molecule has 5 heteroatoms. The smallest absolute Gasteiger partial charge is 0.229 e. The third-order valence-electron chi connectivity index (χ3n) is 3.13. The number of carbonyl (C=O) groups excluding carboxylic acids is 1. The lowest BCUT2D eigenvalue weighted by atomic mass is 10.0. The molecule has 0 bridgehead atoms. The quantitative estimate of drug-likeness (QED) is 0.758. The summed E-state index contributed by atoms with van der Waals surface area (Å²) in [6, 6.07) is 7.91. The van der Waals surface area contributed by atoms with E-state index in [4.69, 9.17) is 0 Å². The number of H-pyrrole nitrogens is 1. The molecule has 1 aromatic carbocycles. The van der Waals surface area contributed by atoms with Crippen molar-refractivity contribution in [1.82, 2.24) is 15.3 Å². The Morgan fingerprint density at radius 3 is 3.17 bits per heavy atom. The normalized spacial score (nSPS) is 17.0. The Morgan fingerprint density at radius 2 is 2.33 bits per heavy atom. The van der Waals surface area contributed by atoms with E-state index >= 15 is 0 Å². The second-order valence-corrected chi connectivity index (χ2v) is 4.27. The van der Waals surface area contributed by atoms with Crippen molar-refractivity contribution < 1.29 is 4.79 Å². The minimum Gasteiger partial charge on any atom is -0.384 e. The molecule has 0 spiro atoms. The van der Waals surface area contributed by atoms with Gasteiger partial charge in [0.05, 0.1) is 12.5 Å². The van der Waals surface area contributed by atoms with Crippen LogP contribution in [0.3, 0.4) is 0 Å². The molecule has 92 valence electrons. The number of hydrogen-bond acceptors (Lipinski definition) is 3. The van der Waals surface area contributed by atoms with Gasteiger partial charge in [0.2, 0.25) is 5.91 Å². The molecule has 1 unspecified atom stereocenters. The molecule has 1 aliphatic heterocycles. The van der Waals surface area contributed by atoms with Crippen LogP contribution in [0, 0.1) is 0 Å². The SMILES string of the molecule is O=C(NCc1ncc[nH]1)C1CNc2ccccc21. The van der Waals surface area contributed by atoms with Crippen LogP contribution in [0.15, 0.2) is 36.7 Å². The Balaban J connectivity index is 1.67. The number of fused-ring (bicyclic) bond motifs is 1. The molecule has 3 N–H and O–H groups in total. The highest BCUT2D eigenvalue weighted by atomic mass is 16.1. The lowest BCUT2D eigenvalue weighted by Gasteiger charge is -2.10. The van der Waals surface area contributed by atoms with Crippen LogP contribution in [0.1, 0.15) is 17.3 Å². The van der Waals surface area contributed by atoms with Crippen molar-refractivity contribution in [2.75, 3.05) is 11.9 Å². The van der Waals surface area contributed by atoms with E-state index in [2.05, 4.69) is 20.6 Å². The van der Waals surface area contributed by atoms with E-state index in [-0.39, 0.29) is 11.8 Å². The highest BCUT2D eigenvalue weighted by molar-refractivity contribution is 5.88. The first-order valence-corrected chi connectivity index (χ1v) is 5.93. The molecule has 1 amide bonds. The van der Waals surface area contributed by atoms with Gasteiger partial charge in [-0.25, -0.2) is 4.98 Å². The second-order valence-electron chi connectivity index (χ2n) is 4.27. The first kappa shape index (κ1) is 10.8. The lowest BCUT2D eigenvalue weighted by Crippen LogP contribution is -2.30. The van der Waals surface area contributed by atoms with Gasteiger partial charge in [-0.1, -0.05) is 18.2 Å². The van der Waals surface area contributed by atoms with E-state index in [1.165, 1.54) is 0 Å². The molecule has 1 aromatic heterocycles. The van der Waals surface area contributed by atoms with Gasteiger partial charge in [-0.15, -0.1) is 0 Å². The summed E-state index contributed by atoms with van der Waals surface area (Å²) in [5, 5.41) is 6.14. The fourth-order valence-corrected chi connectivity index (χ4v) is 2.21. The van der Waals surface area contributed by atoms with Crippen LogP contribution in [0.2, 0.25) is 0 Å². The van der Waals surface area contributed by atoms with Crippen LogP contribution in [-0.2, 0) is 11.3 Å². The monoisotopic (exact) mass is 242 g/mol. The molecule has 2 aromatic rings. The summed E-state index contributed by atoms with van der Waals surface area (Å²) in [5.41, 5.74) is 2.12. The molecule has 0 saturated heterocycles. The number of nitrogens with zero attached hydrogens (tertiary/aromatic N) is 1. The molecule has 5 nitrogen and oxygen atoms in total. The van der Waals surface area contributed by atoms with E-state index in [0.717, 1.165) is 17.1 Å². The van der Waals surface area contributed by atoms with E-state index in [9.17, 15) is 4.79 Å². The molecule has 0 aliphatic carbocycles. The van der Waals surface area contributed by atoms with Gasteiger partial charge in [0, 0.05) is 24.6 Å². The maximum atomic E-state index is 12.1. The Hall–Kier alpha value is -2.30. The summed E-state index contributed by atoms with van der Waals surface area (Å²) < 4.78 is 0. The number of benzene rings is 1. The van der Waals surface area contributed by atoms with Crippen molar-refractivity contribution in [1.29, 1.82) is 0 Å². The minimum atomic E-state index is -0.115. The molecule has 0 radical (unpaired) electrons. The van der Waals surface area contributed by atoms with Gasteiger partial charge in [0.15, 0.2) is 0 Å². The predicted molar refractivity (Wildman–Crippen MR) is 68.1 cm³/mol. The van der Waals surface area contributed by atoms with Crippen LogP contribution in [-0.4, -0.2) is 22.4 Å². The maximum Gasteiger partial charge on any atom is 0.229 e. The van der Waals surface area contributed by atoms with Crippen molar-refractivity contribution in [3.8, 4) is 0 Å². The molecule has 0 saturated carbocycles. The summed E-state index contributed by atoms with van der Waals surface area (Å²) in [6.45, 7) is 1.09. The van der Waals surface area contributed by atoms with Crippen molar-refractivity contribution in [2.24, 2.45) is 0 Å². The van der Waals surface area contributed by atoms with Crippen LogP contribution >= 0.6 is 0 Å². The lowest BCUT2D eigenvalue weighted by molar-refractivity contribution is -0.122. The summed E-state index contributed by atoms with van der Waals surface area (Å²) in [7, 11) is 0. The maximum absolute atomic E-state index is 12.1. The molecule has 1 aliphatic rings. The molecule has 2 heterocycles. The van der Waals surface area contributed by atoms with Gasteiger partial charge in [-0.05, 0) is 11.6 Å². The van der Waals surface area contributed by atoms with Gasteiger partial charge < -0.3 is 15.6 Å². The Bertz CT molecular complexity index is 550. The zero-order chi connectivity index (χ0) is 12.4. The van der Waals surface area contributed by atoms with E-state index in [1.54, 1.807) is 12.4 Å². The summed E-state index contributed by atoms with van der Waals surface area (Å²) >= 11 is 0. The fourth-order valence-electron chi connectivity index (χ4n) is 2.21. The highest BCUT2D eigenvalue weighted by Gasteiger charge is 2.27. The topological polar surface area (TPSA) is 69.8 Å². The number of aromatic nitrogens is 2. The number of para-hydroxylation sites is 1. The van der Waals surface area contributed by atoms with Gasteiger partial charge in [-0.3, -0.25) is 4.79 Å². The molecule has 0 fully saturated rings. The number of amides is 1. The van der Waals surface area contributed by atoms with Crippen LogP contribution in [0.25, 0.3) is 0 Å². The highest BCUT2D eigenvalue weighted by Crippen LogP contribution is 2.30. The van der Waals surface area contributed by atoms with Gasteiger partial charge in [0.1, 0.15) is 5.82 Å².